The van der Waals surface area contributed by atoms with Gasteiger partial charge in [-0.1, -0.05) is 29.3 Å². The van der Waals surface area contributed by atoms with E-state index in [4.69, 9.17) is 23.2 Å². The van der Waals surface area contributed by atoms with Crippen molar-refractivity contribution in [2.45, 2.75) is 25.3 Å². The maximum absolute atomic E-state index is 12.8. The molecule has 4 rings (SSSR count). The molecule has 1 unspecified atom stereocenters. The van der Waals surface area contributed by atoms with Crippen LogP contribution in [0.1, 0.15) is 36.4 Å². The normalized spacial score (nSPS) is 15.4. The second-order valence-electron chi connectivity index (χ2n) is 8.31. The smallest absolute Gasteiger partial charge is 0.305 e. The molecule has 0 radical (unpaired) electrons. The van der Waals surface area contributed by atoms with E-state index in [1.54, 1.807) is 35.5 Å². The first-order valence-electron chi connectivity index (χ1n) is 11.1. The summed E-state index contributed by atoms with van der Waals surface area (Å²) in [5, 5.41) is 15.9. The van der Waals surface area contributed by atoms with Crippen molar-refractivity contribution in [3.05, 3.63) is 69.3 Å². The first-order chi connectivity index (χ1) is 16.8. The average Bonchev–Trinajstić information content (AvgIpc) is 3.34. The van der Waals surface area contributed by atoms with Crippen LogP contribution in [0.2, 0.25) is 10.0 Å². The molecule has 2 aromatic heterocycles. The number of piperidine rings is 1. The molecule has 35 heavy (non-hydrogen) atoms. The Labute approximate surface area is 216 Å². The molecular weight excluding hydrogens is 509 g/mol. The largest absolute Gasteiger partial charge is 0.481 e. The first-order valence-corrected chi connectivity index (χ1v) is 12.7. The van der Waals surface area contributed by atoms with Gasteiger partial charge in [0, 0.05) is 37.5 Å². The lowest BCUT2D eigenvalue weighted by Gasteiger charge is -2.31. The van der Waals surface area contributed by atoms with Gasteiger partial charge in [-0.15, -0.1) is 11.3 Å². The summed E-state index contributed by atoms with van der Waals surface area (Å²) in [7, 11) is 0. The summed E-state index contributed by atoms with van der Waals surface area (Å²) >= 11 is 14.3. The van der Waals surface area contributed by atoms with Crippen molar-refractivity contribution in [2.75, 3.05) is 13.1 Å². The molecule has 2 N–H and O–H groups in total. The number of hydrogen-bond donors (Lipinski definition) is 2. The van der Waals surface area contributed by atoms with Crippen LogP contribution in [0, 0.1) is 5.92 Å². The number of nitrogens with one attached hydrogen (secondary N) is 1. The molecule has 2 amide bonds. The fraction of sp³-hybridized carbons (Fsp3) is 0.280. The molecule has 0 saturated carbocycles. The van der Waals surface area contributed by atoms with Gasteiger partial charge in [0.1, 0.15) is 0 Å². The van der Waals surface area contributed by atoms with E-state index in [1.165, 1.54) is 17.4 Å². The number of aromatic nitrogens is 1. The Bertz CT molecular complexity index is 1270. The summed E-state index contributed by atoms with van der Waals surface area (Å²) in [6.07, 6.45) is 7.03. The van der Waals surface area contributed by atoms with Gasteiger partial charge in [0.25, 0.3) is 0 Å². The number of amides is 2. The Kier molecular flexibility index (Phi) is 8.05. The van der Waals surface area contributed by atoms with E-state index in [9.17, 15) is 19.5 Å². The van der Waals surface area contributed by atoms with Gasteiger partial charge in [0.2, 0.25) is 11.8 Å². The van der Waals surface area contributed by atoms with Crippen molar-refractivity contribution in [1.29, 1.82) is 0 Å². The SMILES string of the molecule is O=C(O)CC(NC(=O)C1CCN(C(=O)C=Cc2cc3ccsc3c(Cl)c2Cl)CC1)c1cccnc1. The third-order valence-corrected chi connectivity index (χ3v) is 7.96. The van der Waals surface area contributed by atoms with Gasteiger partial charge in [-0.2, -0.15) is 0 Å². The number of carbonyl (C=O) groups excluding carboxylic acids is 2. The van der Waals surface area contributed by atoms with Crippen LogP contribution in [0.15, 0.2) is 48.1 Å². The highest BCUT2D eigenvalue weighted by Gasteiger charge is 2.29. The number of thiophene rings is 1. The third kappa shape index (κ3) is 6.01. The van der Waals surface area contributed by atoms with E-state index in [-0.39, 0.29) is 24.2 Å². The predicted molar refractivity (Wildman–Crippen MR) is 138 cm³/mol. The lowest BCUT2D eigenvalue weighted by Crippen LogP contribution is -2.43. The van der Waals surface area contributed by atoms with Crippen LogP contribution in [0.25, 0.3) is 16.2 Å². The lowest BCUT2D eigenvalue weighted by atomic mass is 9.94. The Morgan fingerprint density at radius 2 is 2.00 bits per heavy atom. The van der Waals surface area contributed by atoms with Crippen molar-refractivity contribution < 1.29 is 19.5 Å². The summed E-state index contributed by atoms with van der Waals surface area (Å²) in [5.74, 6) is -1.69. The van der Waals surface area contributed by atoms with Gasteiger partial charge in [-0.05, 0) is 59.0 Å². The zero-order valence-corrected chi connectivity index (χ0v) is 20.9. The van der Waals surface area contributed by atoms with E-state index < -0.39 is 12.0 Å². The number of benzene rings is 1. The number of hydrogen-bond acceptors (Lipinski definition) is 5. The van der Waals surface area contributed by atoms with E-state index in [2.05, 4.69) is 10.3 Å². The second-order valence-corrected chi connectivity index (χ2v) is 9.98. The number of likely N-dealkylation sites (tertiary alicyclic amines) is 1. The van der Waals surface area contributed by atoms with Gasteiger partial charge < -0.3 is 15.3 Å². The minimum Gasteiger partial charge on any atom is -0.481 e. The highest BCUT2D eigenvalue weighted by atomic mass is 35.5. The van der Waals surface area contributed by atoms with Gasteiger partial charge in [-0.3, -0.25) is 19.4 Å². The number of pyridine rings is 1. The van der Waals surface area contributed by atoms with Crippen LogP contribution >= 0.6 is 34.5 Å². The molecule has 1 atom stereocenters. The summed E-state index contributed by atoms with van der Waals surface area (Å²) in [4.78, 5) is 42.5. The molecular formula is C25H23Cl2N3O4S. The van der Waals surface area contributed by atoms with Crippen molar-refractivity contribution in [1.82, 2.24) is 15.2 Å². The Morgan fingerprint density at radius 3 is 2.69 bits per heavy atom. The molecule has 0 spiro atoms. The number of aliphatic carboxylic acids is 1. The Morgan fingerprint density at radius 1 is 1.23 bits per heavy atom. The molecule has 3 heterocycles. The van der Waals surface area contributed by atoms with E-state index >= 15 is 0 Å². The number of nitrogens with zero attached hydrogens (tertiary/aromatic N) is 2. The van der Waals surface area contributed by atoms with Crippen LogP contribution in [0.5, 0.6) is 0 Å². The van der Waals surface area contributed by atoms with Crippen molar-refractivity contribution >= 4 is 68.5 Å². The maximum atomic E-state index is 12.8. The third-order valence-electron chi connectivity index (χ3n) is 6.02. The zero-order valence-electron chi connectivity index (χ0n) is 18.6. The fourth-order valence-electron chi connectivity index (χ4n) is 4.12. The first kappa shape index (κ1) is 25.2. The van der Waals surface area contributed by atoms with Gasteiger partial charge in [-0.25, -0.2) is 0 Å². The standard InChI is InChI=1S/C25H23Cl2N3O4S/c26-22-16(12-17-7-11-35-24(17)23(22)27)3-4-20(31)30-9-5-15(6-10-30)25(34)29-19(13-21(32)33)18-2-1-8-28-14-18/h1-4,7-8,11-12,14-15,19H,5-6,9-10,13H2,(H,29,34)(H,32,33). The average molecular weight is 532 g/mol. The monoisotopic (exact) mass is 531 g/mol. The summed E-state index contributed by atoms with van der Waals surface area (Å²) < 4.78 is 0.912. The molecule has 1 fully saturated rings. The van der Waals surface area contributed by atoms with Gasteiger partial charge >= 0.3 is 5.97 Å². The van der Waals surface area contributed by atoms with Gasteiger partial charge in [0.05, 0.1) is 27.2 Å². The molecule has 182 valence electrons. The minimum absolute atomic E-state index is 0.166. The molecule has 0 aliphatic carbocycles. The number of fused-ring (bicyclic) bond motifs is 1. The van der Waals surface area contributed by atoms with Crippen molar-refractivity contribution in [3.8, 4) is 0 Å². The van der Waals surface area contributed by atoms with Crippen LogP contribution in [-0.4, -0.2) is 45.9 Å². The summed E-state index contributed by atoms with van der Waals surface area (Å²) in [5.41, 5.74) is 1.31. The molecule has 10 heteroatoms. The van der Waals surface area contributed by atoms with Crippen molar-refractivity contribution in [3.63, 3.8) is 0 Å². The van der Waals surface area contributed by atoms with Crippen LogP contribution < -0.4 is 5.32 Å². The number of carboxylic acids is 1. The minimum atomic E-state index is -1.01. The lowest BCUT2D eigenvalue weighted by molar-refractivity contribution is -0.138. The Balaban J connectivity index is 1.35. The van der Waals surface area contributed by atoms with Crippen LogP contribution in [0.4, 0.5) is 0 Å². The van der Waals surface area contributed by atoms with Crippen LogP contribution in [-0.2, 0) is 14.4 Å². The molecule has 0 bridgehead atoms. The predicted octanol–water partition coefficient (Wildman–Crippen LogP) is 5.19. The topological polar surface area (TPSA) is 99.6 Å². The quantitative estimate of drug-likeness (QED) is 0.408. The number of carbonyl (C=O) groups is 3. The van der Waals surface area contributed by atoms with E-state index in [1.807, 2.05) is 17.5 Å². The zero-order chi connectivity index (χ0) is 24.9. The number of rotatable bonds is 7. The molecule has 1 aliphatic rings. The van der Waals surface area contributed by atoms with Gasteiger partial charge in [0.15, 0.2) is 0 Å². The van der Waals surface area contributed by atoms with Crippen molar-refractivity contribution in [2.24, 2.45) is 5.92 Å². The Hall–Kier alpha value is -2.94. The molecule has 1 saturated heterocycles. The van der Waals surface area contributed by atoms with Crippen LogP contribution in [0.3, 0.4) is 0 Å². The number of halogens is 2. The highest BCUT2D eigenvalue weighted by molar-refractivity contribution is 7.18. The second kappa shape index (κ2) is 11.2. The van der Waals surface area contributed by atoms with E-state index in [0.29, 0.717) is 47.1 Å². The van der Waals surface area contributed by atoms with E-state index in [0.717, 1.165) is 10.1 Å². The highest BCUT2D eigenvalue weighted by Crippen LogP contribution is 2.37. The summed E-state index contributed by atoms with van der Waals surface area (Å²) in [6.45, 7) is 0.853. The molecule has 3 aromatic rings. The molecule has 7 nitrogen and oxygen atoms in total. The summed E-state index contributed by atoms with van der Waals surface area (Å²) in [6, 6.07) is 6.63. The molecule has 1 aromatic carbocycles. The number of carboxylic acid groups (broad SMARTS) is 1. The fourth-order valence-corrected chi connectivity index (χ4v) is 5.56. The molecule has 1 aliphatic heterocycles. The maximum Gasteiger partial charge on any atom is 0.305 e.